The number of carbonyl (C=O) groups is 3. The molecule has 0 spiro atoms. The van der Waals surface area contributed by atoms with Crippen molar-refractivity contribution in [2.24, 2.45) is 0 Å². The van der Waals surface area contributed by atoms with Gasteiger partial charge in [0.2, 0.25) is 5.91 Å². The van der Waals surface area contributed by atoms with E-state index in [1.165, 1.54) is 6.92 Å². The first-order chi connectivity index (χ1) is 11.5. The van der Waals surface area contributed by atoms with Gasteiger partial charge in [-0.3, -0.25) is 4.79 Å². The van der Waals surface area contributed by atoms with E-state index < -0.39 is 6.09 Å². The molecule has 0 aliphatic carbocycles. The predicted molar refractivity (Wildman–Crippen MR) is 89.3 cm³/mol. The summed E-state index contributed by atoms with van der Waals surface area (Å²) in [6.45, 7) is 2.93. The molecule has 0 bridgehead atoms. The lowest BCUT2D eigenvalue weighted by atomic mass is 10.0. The summed E-state index contributed by atoms with van der Waals surface area (Å²) in [5.41, 5.74) is 0.943. The lowest BCUT2D eigenvalue weighted by molar-refractivity contribution is -0.134. The van der Waals surface area contributed by atoms with E-state index in [0.29, 0.717) is 32.4 Å². The van der Waals surface area contributed by atoms with Crippen LogP contribution in [-0.2, 0) is 20.9 Å². The van der Waals surface area contributed by atoms with E-state index in [1.54, 1.807) is 4.90 Å². The van der Waals surface area contributed by atoms with Crippen molar-refractivity contribution >= 4 is 17.8 Å². The molecule has 1 N–H and O–H groups in total. The molecule has 0 atom stereocenters. The van der Waals surface area contributed by atoms with Crippen molar-refractivity contribution in [1.82, 2.24) is 10.2 Å². The van der Waals surface area contributed by atoms with E-state index in [1.807, 2.05) is 30.3 Å². The van der Waals surface area contributed by atoms with Gasteiger partial charge in [0.15, 0.2) is 0 Å². The summed E-state index contributed by atoms with van der Waals surface area (Å²) in [6, 6.07) is 9.53. The van der Waals surface area contributed by atoms with Crippen molar-refractivity contribution in [3.8, 4) is 0 Å². The molecular weight excluding hydrogens is 308 g/mol. The third kappa shape index (κ3) is 6.02. The number of alkyl carbamates (subject to hydrolysis) is 1. The van der Waals surface area contributed by atoms with Gasteiger partial charge in [-0.25, -0.2) is 4.79 Å². The monoisotopic (exact) mass is 332 g/mol. The molecule has 1 saturated heterocycles. The maximum absolute atomic E-state index is 12.0. The molecular formula is C18H24N2O4. The minimum absolute atomic E-state index is 0.00954. The lowest BCUT2D eigenvalue weighted by Crippen LogP contribution is -2.46. The standard InChI is InChI=1S/C18H24N2O4/c1-14(21)7-8-17(22)20-11-9-16(10-12-20)19-18(23)24-13-15-5-3-2-4-6-15/h2-6,16H,7-13H2,1H3,(H,19,23). The van der Waals surface area contributed by atoms with E-state index >= 15 is 0 Å². The molecule has 1 aromatic carbocycles. The largest absolute Gasteiger partial charge is 0.445 e. The van der Waals surface area contributed by atoms with E-state index in [-0.39, 0.29) is 30.8 Å². The average Bonchev–Trinajstić information content (AvgIpc) is 2.59. The van der Waals surface area contributed by atoms with E-state index in [0.717, 1.165) is 5.56 Å². The Balaban J connectivity index is 1.66. The molecule has 1 aromatic rings. The molecule has 1 heterocycles. The van der Waals surface area contributed by atoms with Gasteiger partial charge in [0.25, 0.3) is 0 Å². The molecule has 0 saturated carbocycles. The molecule has 1 aliphatic heterocycles. The molecule has 24 heavy (non-hydrogen) atoms. The summed E-state index contributed by atoms with van der Waals surface area (Å²) in [5, 5.41) is 2.85. The van der Waals surface area contributed by atoms with Crippen molar-refractivity contribution in [2.75, 3.05) is 13.1 Å². The highest BCUT2D eigenvalue weighted by molar-refractivity contribution is 5.83. The third-order valence-electron chi connectivity index (χ3n) is 4.07. The minimum Gasteiger partial charge on any atom is -0.445 e. The van der Waals surface area contributed by atoms with Crippen molar-refractivity contribution < 1.29 is 19.1 Å². The zero-order chi connectivity index (χ0) is 17.4. The fraction of sp³-hybridized carbons (Fsp3) is 0.500. The number of Topliss-reactive ketones (excluding diaryl/α,β-unsaturated/α-hetero) is 1. The fourth-order valence-electron chi connectivity index (χ4n) is 2.65. The maximum atomic E-state index is 12.0. The molecule has 6 nitrogen and oxygen atoms in total. The van der Waals surface area contributed by atoms with Crippen LogP contribution in [0.4, 0.5) is 4.79 Å². The highest BCUT2D eigenvalue weighted by Crippen LogP contribution is 2.12. The van der Waals surface area contributed by atoms with Crippen LogP contribution in [-0.4, -0.2) is 41.8 Å². The summed E-state index contributed by atoms with van der Waals surface area (Å²) in [4.78, 5) is 36.5. The average molecular weight is 332 g/mol. The van der Waals surface area contributed by atoms with Gasteiger partial charge >= 0.3 is 6.09 Å². The number of ketones is 1. The van der Waals surface area contributed by atoms with Crippen LogP contribution in [0.5, 0.6) is 0 Å². The number of hydrogen-bond donors (Lipinski definition) is 1. The van der Waals surface area contributed by atoms with Gasteiger partial charge in [-0.1, -0.05) is 30.3 Å². The highest BCUT2D eigenvalue weighted by Gasteiger charge is 2.24. The first-order valence-electron chi connectivity index (χ1n) is 8.29. The van der Waals surface area contributed by atoms with Gasteiger partial charge in [0.1, 0.15) is 12.4 Å². The number of hydrogen-bond acceptors (Lipinski definition) is 4. The Morgan fingerprint density at radius 3 is 2.42 bits per heavy atom. The first-order valence-corrected chi connectivity index (χ1v) is 8.29. The van der Waals surface area contributed by atoms with Crippen LogP contribution in [0.2, 0.25) is 0 Å². The molecule has 2 rings (SSSR count). The number of rotatable bonds is 6. The third-order valence-corrected chi connectivity index (χ3v) is 4.07. The molecule has 130 valence electrons. The Hall–Kier alpha value is -2.37. The molecule has 0 radical (unpaired) electrons. The Kier molecular flexibility index (Phi) is 6.78. The van der Waals surface area contributed by atoms with E-state index in [9.17, 15) is 14.4 Å². The number of piperidine rings is 1. The smallest absolute Gasteiger partial charge is 0.407 e. The normalized spacial score (nSPS) is 15.0. The second kappa shape index (κ2) is 9.05. The van der Waals surface area contributed by atoms with Crippen LogP contribution in [0, 0.1) is 0 Å². The SMILES string of the molecule is CC(=O)CCC(=O)N1CCC(NC(=O)OCc2ccccc2)CC1. The molecule has 6 heteroatoms. The highest BCUT2D eigenvalue weighted by atomic mass is 16.5. The lowest BCUT2D eigenvalue weighted by Gasteiger charge is -2.32. The summed E-state index contributed by atoms with van der Waals surface area (Å²) in [6.07, 6.45) is 1.54. The predicted octanol–water partition coefficient (Wildman–Crippen LogP) is 2.27. The van der Waals surface area contributed by atoms with Crippen LogP contribution in [0.3, 0.4) is 0 Å². The van der Waals surface area contributed by atoms with Gasteiger partial charge in [0.05, 0.1) is 0 Å². The van der Waals surface area contributed by atoms with Crippen molar-refractivity contribution in [1.29, 1.82) is 0 Å². The second-order valence-corrected chi connectivity index (χ2v) is 6.06. The number of carbonyl (C=O) groups excluding carboxylic acids is 3. The summed E-state index contributed by atoms with van der Waals surface area (Å²) in [5.74, 6) is 0.0383. The summed E-state index contributed by atoms with van der Waals surface area (Å²) >= 11 is 0. The first kappa shape index (κ1) is 18.0. The zero-order valence-electron chi connectivity index (χ0n) is 14.0. The van der Waals surface area contributed by atoms with Gasteiger partial charge in [0, 0.05) is 32.0 Å². The fourth-order valence-corrected chi connectivity index (χ4v) is 2.65. The summed E-state index contributed by atoms with van der Waals surface area (Å²) < 4.78 is 5.20. The molecule has 2 amide bonds. The van der Waals surface area contributed by atoms with Crippen molar-refractivity contribution in [3.63, 3.8) is 0 Å². The number of nitrogens with zero attached hydrogens (tertiary/aromatic N) is 1. The quantitative estimate of drug-likeness (QED) is 0.867. The Bertz CT molecular complexity index is 566. The van der Waals surface area contributed by atoms with Crippen molar-refractivity contribution in [2.45, 2.75) is 45.3 Å². The number of benzene rings is 1. The van der Waals surface area contributed by atoms with Crippen molar-refractivity contribution in [3.05, 3.63) is 35.9 Å². The van der Waals surface area contributed by atoms with Gasteiger partial charge in [-0.15, -0.1) is 0 Å². The Labute approximate surface area is 142 Å². The van der Waals surface area contributed by atoms with E-state index in [2.05, 4.69) is 5.32 Å². The van der Waals surface area contributed by atoms with E-state index in [4.69, 9.17) is 4.74 Å². The Morgan fingerprint density at radius 2 is 1.79 bits per heavy atom. The van der Waals surface area contributed by atoms with Gasteiger partial charge < -0.3 is 19.7 Å². The molecule has 1 aliphatic rings. The van der Waals surface area contributed by atoms with Crippen LogP contribution < -0.4 is 5.32 Å². The molecule has 0 unspecified atom stereocenters. The zero-order valence-corrected chi connectivity index (χ0v) is 14.0. The van der Waals surface area contributed by atoms with Gasteiger partial charge in [-0.2, -0.15) is 0 Å². The maximum Gasteiger partial charge on any atom is 0.407 e. The Morgan fingerprint density at radius 1 is 1.12 bits per heavy atom. The van der Waals surface area contributed by atoms with Gasteiger partial charge in [-0.05, 0) is 25.3 Å². The van der Waals surface area contributed by atoms with Crippen LogP contribution >= 0.6 is 0 Å². The second-order valence-electron chi connectivity index (χ2n) is 6.06. The minimum atomic E-state index is -0.430. The number of amides is 2. The van der Waals surface area contributed by atoms with Crippen LogP contribution in [0.25, 0.3) is 0 Å². The summed E-state index contributed by atoms with van der Waals surface area (Å²) in [7, 11) is 0. The number of nitrogens with one attached hydrogen (secondary N) is 1. The number of likely N-dealkylation sites (tertiary alicyclic amines) is 1. The topological polar surface area (TPSA) is 75.7 Å². The number of ether oxygens (including phenoxy) is 1. The van der Waals surface area contributed by atoms with Crippen LogP contribution in [0.1, 0.15) is 38.2 Å². The van der Waals surface area contributed by atoms with Crippen LogP contribution in [0.15, 0.2) is 30.3 Å². The molecule has 1 fully saturated rings. The molecule has 0 aromatic heterocycles.